The van der Waals surface area contributed by atoms with Crippen molar-refractivity contribution in [1.82, 2.24) is 24.6 Å². The van der Waals surface area contributed by atoms with Crippen LogP contribution in [0.2, 0.25) is 0 Å². The molecule has 7 heteroatoms. The predicted octanol–water partition coefficient (Wildman–Crippen LogP) is 2.52. The minimum atomic E-state index is -0.653. The second-order valence-corrected chi connectivity index (χ2v) is 7.97. The highest BCUT2D eigenvalue weighted by Crippen LogP contribution is 2.18. The molecule has 2 aromatic heterocycles. The molecule has 1 amide bonds. The number of pyridine rings is 1. The molecule has 1 aromatic carbocycles. The molecular weight excluding hydrogens is 390 g/mol. The minimum absolute atomic E-state index is 0.0758. The lowest BCUT2D eigenvalue weighted by Gasteiger charge is -2.35. The molecule has 0 N–H and O–H groups in total. The fourth-order valence-corrected chi connectivity index (χ4v) is 3.80. The van der Waals surface area contributed by atoms with E-state index < -0.39 is 6.04 Å². The third kappa shape index (κ3) is 4.88. The number of rotatable bonds is 5. The number of hydrogen-bond donors (Lipinski definition) is 0. The Balaban J connectivity index is 1.43. The first-order chi connectivity index (χ1) is 15.0. The van der Waals surface area contributed by atoms with Gasteiger partial charge < -0.3 is 4.90 Å². The number of nitrogens with zero attached hydrogens (tertiary/aromatic N) is 5. The highest BCUT2D eigenvalue weighted by Gasteiger charge is 2.27. The molecule has 3 aromatic rings. The first-order valence-corrected chi connectivity index (χ1v) is 10.6. The average molecular weight is 418 g/mol. The SMILES string of the molecule is Cc1ccc(-c2ccc(=O)n(C(C)C(=O)N3CCN(Cc4ccccn4)CC3)n2)cc1. The van der Waals surface area contributed by atoms with Gasteiger partial charge in [0.05, 0.1) is 11.4 Å². The number of aromatic nitrogens is 3. The van der Waals surface area contributed by atoms with E-state index in [0.717, 1.165) is 36.5 Å². The Morgan fingerprint density at radius 2 is 1.74 bits per heavy atom. The number of carbonyl (C=O) groups excluding carboxylic acids is 1. The fourth-order valence-electron chi connectivity index (χ4n) is 3.80. The number of carbonyl (C=O) groups is 1. The Morgan fingerprint density at radius 3 is 2.42 bits per heavy atom. The number of amides is 1. The topological polar surface area (TPSA) is 71.3 Å². The van der Waals surface area contributed by atoms with Gasteiger partial charge in [-0.2, -0.15) is 5.10 Å². The number of aryl methyl sites for hydroxylation is 1. The van der Waals surface area contributed by atoms with Crippen LogP contribution in [0.25, 0.3) is 11.3 Å². The van der Waals surface area contributed by atoms with Crippen molar-refractivity contribution in [1.29, 1.82) is 0 Å². The molecule has 160 valence electrons. The first-order valence-electron chi connectivity index (χ1n) is 10.6. The van der Waals surface area contributed by atoms with E-state index in [-0.39, 0.29) is 11.5 Å². The van der Waals surface area contributed by atoms with Crippen LogP contribution in [0.1, 0.15) is 24.2 Å². The van der Waals surface area contributed by atoms with E-state index >= 15 is 0 Å². The largest absolute Gasteiger partial charge is 0.338 e. The highest BCUT2D eigenvalue weighted by molar-refractivity contribution is 5.80. The van der Waals surface area contributed by atoms with Gasteiger partial charge in [0, 0.05) is 50.6 Å². The third-order valence-corrected chi connectivity index (χ3v) is 5.69. The predicted molar refractivity (Wildman–Crippen MR) is 119 cm³/mol. The summed E-state index contributed by atoms with van der Waals surface area (Å²) in [6.45, 7) is 7.36. The molecule has 0 saturated carbocycles. The number of benzene rings is 1. The van der Waals surface area contributed by atoms with Crippen LogP contribution in [-0.4, -0.2) is 56.7 Å². The Kier molecular flexibility index (Phi) is 6.23. The van der Waals surface area contributed by atoms with E-state index in [0.29, 0.717) is 18.8 Å². The van der Waals surface area contributed by atoms with Crippen molar-refractivity contribution in [3.05, 3.63) is 82.4 Å². The van der Waals surface area contributed by atoms with Gasteiger partial charge in [0.15, 0.2) is 0 Å². The molecule has 0 bridgehead atoms. The molecule has 1 aliphatic heterocycles. The van der Waals surface area contributed by atoms with Gasteiger partial charge in [-0.3, -0.25) is 19.5 Å². The van der Waals surface area contributed by atoms with Gasteiger partial charge in [-0.25, -0.2) is 4.68 Å². The van der Waals surface area contributed by atoms with Crippen molar-refractivity contribution in [2.24, 2.45) is 0 Å². The molecule has 0 aliphatic carbocycles. The lowest BCUT2D eigenvalue weighted by Crippen LogP contribution is -2.50. The lowest BCUT2D eigenvalue weighted by molar-refractivity contribution is -0.136. The van der Waals surface area contributed by atoms with Crippen LogP contribution in [0, 0.1) is 6.92 Å². The lowest BCUT2D eigenvalue weighted by atomic mass is 10.1. The van der Waals surface area contributed by atoms with E-state index in [4.69, 9.17) is 0 Å². The maximum absolute atomic E-state index is 13.1. The summed E-state index contributed by atoms with van der Waals surface area (Å²) in [5.74, 6) is -0.0758. The number of piperazine rings is 1. The molecule has 0 spiro atoms. The summed E-state index contributed by atoms with van der Waals surface area (Å²) in [7, 11) is 0. The molecule has 7 nitrogen and oxygen atoms in total. The summed E-state index contributed by atoms with van der Waals surface area (Å²) in [5.41, 5.74) is 3.51. The van der Waals surface area contributed by atoms with E-state index in [1.165, 1.54) is 10.7 Å². The standard InChI is InChI=1S/C24H27N5O2/c1-18-6-8-20(9-7-18)22-10-11-23(30)29(26-22)19(2)24(31)28-15-13-27(14-16-28)17-21-5-3-4-12-25-21/h3-12,19H,13-17H2,1-2H3. The molecule has 1 unspecified atom stereocenters. The molecule has 3 heterocycles. The molecule has 1 aliphatic rings. The quantitative estimate of drug-likeness (QED) is 0.638. The van der Waals surface area contributed by atoms with Crippen LogP contribution in [0.3, 0.4) is 0 Å². The van der Waals surface area contributed by atoms with Crippen LogP contribution in [0.4, 0.5) is 0 Å². The Bertz CT molecular complexity index is 1090. The summed E-state index contributed by atoms with van der Waals surface area (Å²) >= 11 is 0. The Labute approximate surface area is 182 Å². The molecule has 4 rings (SSSR count). The van der Waals surface area contributed by atoms with Crippen molar-refractivity contribution in [3.63, 3.8) is 0 Å². The third-order valence-electron chi connectivity index (χ3n) is 5.69. The van der Waals surface area contributed by atoms with Gasteiger partial charge in [-0.05, 0) is 32.0 Å². The van der Waals surface area contributed by atoms with Gasteiger partial charge >= 0.3 is 0 Å². The normalized spacial score (nSPS) is 15.6. The second kappa shape index (κ2) is 9.22. The van der Waals surface area contributed by atoms with Crippen molar-refractivity contribution in [3.8, 4) is 11.3 Å². The molecular formula is C24H27N5O2. The smallest absolute Gasteiger partial charge is 0.267 e. The van der Waals surface area contributed by atoms with Crippen LogP contribution in [0.5, 0.6) is 0 Å². The monoisotopic (exact) mass is 417 g/mol. The fraction of sp³-hybridized carbons (Fsp3) is 0.333. The molecule has 31 heavy (non-hydrogen) atoms. The van der Waals surface area contributed by atoms with E-state index in [2.05, 4.69) is 15.0 Å². The minimum Gasteiger partial charge on any atom is -0.338 e. The van der Waals surface area contributed by atoms with Crippen LogP contribution >= 0.6 is 0 Å². The van der Waals surface area contributed by atoms with Crippen molar-refractivity contribution in [2.75, 3.05) is 26.2 Å². The van der Waals surface area contributed by atoms with E-state index in [9.17, 15) is 9.59 Å². The maximum Gasteiger partial charge on any atom is 0.267 e. The van der Waals surface area contributed by atoms with Gasteiger partial charge in [-0.15, -0.1) is 0 Å². The molecule has 0 radical (unpaired) electrons. The van der Waals surface area contributed by atoms with Crippen molar-refractivity contribution < 1.29 is 4.79 Å². The first kappa shape index (κ1) is 20.9. The average Bonchev–Trinajstić information content (AvgIpc) is 2.80. The van der Waals surface area contributed by atoms with Gasteiger partial charge in [0.25, 0.3) is 5.56 Å². The van der Waals surface area contributed by atoms with Crippen LogP contribution < -0.4 is 5.56 Å². The van der Waals surface area contributed by atoms with Crippen molar-refractivity contribution in [2.45, 2.75) is 26.4 Å². The Hall–Kier alpha value is -3.32. The van der Waals surface area contributed by atoms with Crippen LogP contribution in [0.15, 0.2) is 65.6 Å². The number of hydrogen-bond acceptors (Lipinski definition) is 5. The summed E-state index contributed by atoms with van der Waals surface area (Å²) < 4.78 is 1.30. The summed E-state index contributed by atoms with van der Waals surface area (Å²) in [4.78, 5) is 34.0. The summed E-state index contributed by atoms with van der Waals surface area (Å²) in [6, 6.07) is 16.4. The van der Waals surface area contributed by atoms with Gasteiger partial charge in [0.2, 0.25) is 5.91 Å². The zero-order valence-electron chi connectivity index (χ0n) is 17.9. The zero-order chi connectivity index (χ0) is 21.8. The second-order valence-electron chi connectivity index (χ2n) is 7.97. The van der Waals surface area contributed by atoms with Gasteiger partial charge in [0.1, 0.15) is 6.04 Å². The Morgan fingerprint density at radius 1 is 1.00 bits per heavy atom. The summed E-state index contributed by atoms with van der Waals surface area (Å²) in [6.07, 6.45) is 1.80. The highest BCUT2D eigenvalue weighted by atomic mass is 16.2. The van der Waals surface area contributed by atoms with Crippen LogP contribution in [-0.2, 0) is 11.3 Å². The molecule has 1 fully saturated rings. The maximum atomic E-state index is 13.1. The molecule has 1 atom stereocenters. The molecule has 1 saturated heterocycles. The zero-order valence-corrected chi connectivity index (χ0v) is 17.9. The summed E-state index contributed by atoms with van der Waals surface area (Å²) in [5, 5.41) is 4.50. The van der Waals surface area contributed by atoms with E-state index in [1.807, 2.05) is 54.3 Å². The van der Waals surface area contributed by atoms with Crippen molar-refractivity contribution >= 4 is 5.91 Å². The van der Waals surface area contributed by atoms with Gasteiger partial charge in [-0.1, -0.05) is 35.9 Å². The van der Waals surface area contributed by atoms with E-state index in [1.54, 1.807) is 19.2 Å².